The second-order valence-electron chi connectivity index (χ2n) is 10.7. The number of ether oxygens (including phenoxy) is 1. The van der Waals surface area contributed by atoms with Crippen molar-refractivity contribution in [1.82, 2.24) is 4.98 Å². The van der Waals surface area contributed by atoms with E-state index in [1.807, 2.05) is 49.9 Å². The summed E-state index contributed by atoms with van der Waals surface area (Å²) >= 11 is 1.16. The van der Waals surface area contributed by atoms with E-state index in [9.17, 15) is 14.7 Å². The molecule has 2 aromatic heterocycles. The second-order valence-corrected chi connectivity index (χ2v) is 11.8. The highest BCUT2D eigenvalue weighted by atomic mass is 32.1. The molecule has 0 spiro atoms. The summed E-state index contributed by atoms with van der Waals surface area (Å²) < 4.78 is 6.07. The largest absolute Gasteiger partial charge is 0.477 e. The Morgan fingerprint density at radius 1 is 1.20 bits per heavy atom. The van der Waals surface area contributed by atoms with E-state index in [4.69, 9.17) is 4.74 Å². The Labute approximate surface area is 211 Å². The number of pyridine rings is 1. The predicted octanol–water partition coefficient (Wildman–Crippen LogP) is 6.15. The molecule has 6 nitrogen and oxygen atoms in total. The molecule has 0 radical (unpaired) electrons. The van der Waals surface area contributed by atoms with Crippen molar-refractivity contribution in [2.45, 2.75) is 84.3 Å². The molecule has 0 bridgehead atoms. The van der Waals surface area contributed by atoms with E-state index in [1.165, 1.54) is 0 Å². The van der Waals surface area contributed by atoms with Gasteiger partial charge in [-0.2, -0.15) is 0 Å². The van der Waals surface area contributed by atoms with Crippen molar-refractivity contribution in [2.75, 3.05) is 4.90 Å². The molecular weight excluding hydrogens is 460 g/mol. The van der Waals surface area contributed by atoms with E-state index in [0.29, 0.717) is 16.4 Å². The fourth-order valence-corrected chi connectivity index (χ4v) is 6.24. The van der Waals surface area contributed by atoms with Crippen molar-refractivity contribution in [3.63, 3.8) is 0 Å². The Morgan fingerprint density at radius 2 is 1.91 bits per heavy atom. The Balaban J connectivity index is 1.67. The van der Waals surface area contributed by atoms with E-state index >= 15 is 0 Å². The van der Waals surface area contributed by atoms with Crippen LogP contribution in [-0.4, -0.2) is 33.6 Å². The molecule has 0 saturated heterocycles. The maximum absolute atomic E-state index is 13.2. The van der Waals surface area contributed by atoms with Crippen LogP contribution in [0.1, 0.15) is 87.2 Å². The topological polar surface area (TPSA) is 79.7 Å². The van der Waals surface area contributed by atoms with Crippen LogP contribution in [-0.2, 0) is 4.79 Å². The first-order valence-corrected chi connectivity index (χ1v) is 13.2. The predicted molar refractivity (Wildman–Crippen MR) is 138 cm³/mol. The van der Waals surface area contributed by atoms with Gasteiger partial charge in [-0.05, 0) is 64.5 Å². The van der Waals surface area contributed by atoms with Gasteiger partial charge in [0.2, 0.25) is 11.8 Å². The zero-order valence-electron chi connectivity index (χ0n) is 21.0. The Kier molecular flexibility index (Phi) is 7.23. The summed E-state index contributed by atoms with van der Waals surface area (Å²) in [7, 11) is 0. The maximum Gasteiger partial charge on any atom is 0.348 e. The van der Waals surface area contributed by atoms with Gasteiger partial charge in [0.15, 0.2) is 0 Å². The average Bonchev–Trinajstić information content (AvgIpc) is 3.19. The number of carbonyl (C=O) groups excluding carboxylic acids is 1. The fourth-order valence-electron chi connectivity index (χ4n) is 5.40. The summed E-state index contributed by atoms with van der Waals surface area (Å²) in [5, 5.41) is 10.0. The molecule has 2 aromatic rings. The number of hydrogen-bond acceptors (Lipinski definition) is 5. The lowest BCUT2D eigenvalue weighted by atomic mass is 9.62. The molecule has 1 N–H and O–H groups in total. The third-order valence-electron chi connectivity index (χ3n) is 6.97. The number of carbonyl (C=O) groups is 2. The number of hydrogen-bond donors (Lipinski definition) is 1. The number of aromatic carboxylic acids is 1. The van der Waals surface area contributed by atoms with Gasteiger partial charge in [0.25, 0.3) is 0 Å². The Hall–Kier alpha value is -2.85. The summed E-state index contributed by atoms with van der Waals surface area (Å²) in [6.07, 6.45) is 8.33. The van der Waals surface area contributed by atoms with Gasteiger partial charge < -0.3 is 14.7 Å². The number of rotatable bonds is 6. The molecule has 0 aliphatic heterocycles. The van der Waals surface area contributed by atoms with Crippen LogP contribution >= 0.6 is 11.3 Å². The molecule has 2 aliphatic carbocycles. The number of aromatic nitrogens is 1. The quantitative estimate of drug-likeness (QED) is 0.487. The van der Waals surface area contributed by atoms with Crippen LogP contribution < -0.4 is 9.64 Å². The lowest BCUT2D eigenvalue weighted by molar-refractivity contribution is -0.119. The van der Waals surface area contributed by atoms with E-state index in [-0.39, 0.29) is 28.2 Å². The highest BCUT2D eigenvalue weighted by Gasteiger charge is 2.52. The fraction of sp³-hybridized carbons (Fsp3) is 0.536. The van der Waals surface area contributed by atoms with Gasteiger partial charge >= 0.3 is 5.97 Å². The summed E-state index contributed by atoms with van der Waals surface area (Å²) in [6, 6.07) is 7.43. The third kappa shape index (κ3) is 5.54. The molecule has 4 rings (SSSR count). The number of thiophene rings is 1. The first kappa shape index (κ1) is 25.2. The summed E-state index contributed by atoms with van der Waals surface area (Å²) in [4.78, 5) is 32.4. The van der Waals surface area contributed by atoms with Crippen molar-refractivity contribution < 1.29 is 19.4 Å². The van der Waals surface area contributed by atoms with E-state index < -0.39 is 11.5 Å². The molecule has 2 heterocycles. The van der Waals surface area contributed by atoms with Gasteiger partial charge in [-0.1, -0.05) is 37.2 Å². The maximum atomic E-state index is 13.2. The van der Waals surface area contributed by atoms with Gasteiger partial charge in [-0.25, -0.2) is 9.78 Å². The van der Waals surface area contributed by atoms with Gasteiger partial charge in [-0.15, -0.1) is 11.3 Å². The van der Waals surface area contributed by atoms with Crippen molar-refractivity contribution >= 4 is 28.9 Å². The third-order valence-corrected chi connectivity index (χ3v) is 8.00. The van der Waals surface area contributed by atoms with E-state index in [2.05, 4.69) is 16.8 Å². The van der Waals surface area contributed by atoms with Crippen LogP contribution in [0.5, 0.6) is 5.88 Å². The number of anilines is 1. The van der Waals surface area contributed by atoms with E-state index in [0.717, 1.165) is 56.3 Å². The minimum atomic E-state index is -1.02. The zero-order chi connectivity index (χ0) is 25.2. The van der Waals surface area contributed by atoms with Crippen molar-refractivity contribution in [2.24, 2.45) is 11.3 Å². The molecule has 0 unspecified atom stereocenters. The zero-order valence-corrected chi connectivity index (χ0v) is 21.8. The normalized spacial score (nSPS) is 21.3. The standard InChI is InChI=1S/C28H34N2O4S/c1-19(31)30(23-18-22(11-14-27(2,3)4)35-25(23)26(32)33)28(12-7-5-8-13-28)20-16-21(17-20)34-24-10-6-9-15-29-24/h6,9-10,15,18,20-21H,5,7-8,12-13,16-17H2,1-4H3,(H,32,33). The number of carboxylic acid groups (broad SMARTS) is 1. The summed E-state index contributed by atoms with van der Waals surface area (Å²) in [6.45, 7) is 7.61. The lowest BCUT2D eigenvalue weighted by Crippen LogP contribution is -2.61. The summed E-state index contributed by atoms with van der Waals surface area (Å²) in [5.74, 6) is 6.06. The van der Waals surface area contributed by atoms with Crippen LogP contribution in [0.4, 0.5) is 5.69 Å². The average molecular weight is 495 g/mol. The molecule has 0 aromatic carbocycles. The van der Waals surface area contributed by atoms with Gasteiger partial charge in [0.1, 0.15) is 11.0 Å². The van der Waals surface area contributed by atoms with Crippen molar-refractivity contribution in [3.8, 4) is 17.7 Å². The van der Waals surface area contributed by atoms with Crippen molar-refractivity contribution in [1.29, 1.82) is 0 Å². The smallest absolute Gasteiger partial charge is 0.348 e. The number of carboxylic acids is 1. The van der Waals surface area contributed by atoms with Crippen molar-refractivity contribution in [3.05, 3.63) is 40.2 Å². The van der Waals surface area contributed by atoms with Crippen LogP contribution in [0.3, 0.4) is 0 Å². The molecular formula is C28H34N2O4S. The first-order valence-electron chi connectivity index (χ1n) is 12.4. The van der Waals surface area contributed by atoms with Crippen LogP contribution in [0.2, 0.25) is 0 Å². The molecule has 0 atom stereocenters. The molecule has 2 aliphatic rings. The Bertz CT molecular complexity index is 1130. The summed E-state index contributed by atoms with van der Waals surface area (Å²) in [5.41, 5.74) is -0.120. The van der Waals surface area contributed by atoms with E-state index in [1.54, 1.807) is 13.1 Å². The highest BCUT2D eigenvalue weighted by molar-refractivity contribution is 7.15. The van der Waals surface area contributed by atoms with Crippen LogP contribution in [0, 0.1) is 23.2 Å². The second kappa shape index (κ2) is 10.0. The van der Waals surface area contributed by atoms with Gasteiger partial charge in [0.05, 0.1) is 16.1 Å². The molecule has 7 heteroatoms. The minimum Gasteiger partial charge on any atom is -0.477 e. The lowest BCUT2D eigenvalue weighted by Gasteiger charge is -2.55. The number of amides is 1. The van der Waals surface area contributed by atoms with Crippen LogP contribution in [0.15, 0.2) is 30.5 Å². The highest BCUT2D eigenvalue weighted by Crippen LogP contribution is 2.51. The molecule has 186 valence electrons. The molecule has 2 saturated carbocycles. The minimum absolute atomic E-state index is 0.0529. The van der Waals surface area contributed by atoms with Gasteiger partial charge in [0, 0.05) is 24.6 Å². The van der Waals surface area contributed by atoms with Gasteiger partial charge in [-0.3, -0.25) is 4.79 Å². The van der Waals surface area contributed by atoms with Crippen LogP contribution in [0.25, 0.3) is 0 Å². The molecule has 1 amide bonds. The monoisotopic (exact) mass is 494 g/mol. The number of nitrogens with zero attached hydrogens (tertiary/aromatic N) is 2. The molecule has 2 fully saturated rings. The SMILES string of the molecule is CC(=O)N(c1cc(C#CC(C)(C)C)sc1C(=O)O)C1(C2CC(Oc3ccccn3)C2)CCCCC1. The molecule has 35 heavy (non-hydrogen) atoms. The Morgan fingerprint density at radius 3 is 2.49 bits per heavy atom. The first-order chi connectivity index (χ1) is 16.6.